The van der Waals surface area contributed by atoms with Crippen LogP contribution >= 0.6 is 22.6 Å². The van der Waals surface area contributed by atoms with Crippen molar-refractivity contribution >= 4 is 51.7 Å². The molecule has 0 fully saturated rings. The molecule has 9 heteroatoms. The number of para-hydroxylation sites is 2. The van der Waals surface area contributed by atoms with Crippen LogP contribution < -0.4 is 16.4 Å². The highest BCUT2D eigenvalue weighted by molar-refractivity contribution is 14.1. The third-order valence-electron chi connectivity index (χ3n) is 4.68. The molecule has 0 saturated carbocycles. The number of nitrogens with two attached hydrogens (primary N) is 1. The number of nitrogens with zero attached hydrogens (tertiary/aromatic N) is 1. The topological polar surface area (TPSA) is 137 Å². The number of hydrogen-bond acceptors (Lipinski definition) is 6. The Labute approximate surface area is 210 Å². The zero-order valence-electron chi connectivity index (χ0n) is 17.9. The highest BCUT2D eigenvalue weighted by Crippen LogP contribution is 2.31. The minimum atomic E-state index is -0.862. The van der Waals surface area contributed by atoms with E-state index in [0.29, 0.717) is 28.2 Å². The number of carbonyl (C=O) groups excluding carboxylic acids is 2. The van der Waals surface area contributed by atoms with Crippen molar-refractivity contribution in [3.05, 3.63) is 93.6 Å². The van der Waals surface area contributed by atoms with Crippen LogP contribution in [0.2, 0.25) is 0 Å². The third kappa shape index (κ3) is 6.98. The number of nitriles is 1. The maximum absolute atomic E-state index is 12.5. The van der Waals surface area contributed by atoms with E-state index in [1.807, 2.05) is 6.07 Å². The van der Waals surface area contributed by atoms with E-state index in [4.69, 9.17) is 15.7 Å². The molecular formula is C25H21IN4O4. The van der Waals surface area contributed by atoms with E-state index in [9.17, 15) is 14.7 Å². The summed E-state index contributed by atoms with van der Waals surface area (Å²) >= 11 is 2.09. The Morgan fingerprint density at radius 3 is 2.56 bits per heavy atom. The van der Waals surface area contributed by atoms with Gasteiger partial charge >= 0.3 is 6.09 Å². The molecule has 0 aliphatic heterocycles. The predicted octanol–water partition coefficient (Wildman–Crippen LogP) is 5.33. The van der Waals surface area contributed by atoms with Crippen LogP contribution in [0.15, 0.2) is 78.9 Å². The van der Waals surface area contributed by atoms with Gasteiger partial charge in [0.1, 0.15) is 11.9 Å². The maximum atomic E-state index is 12.5. The van der Waals surface area contributed by atoms with Gasteiger partial charge < -0.3 is 20.9 Å². The lowest BCUT2D eigenvalue weighted by Gasteiger charge is -2.19. The van der Waals surface area contributed by atoms with Crippen molar-refractivity contribution in [3.8, 4) is 11.8 Å². The Kier molecular flexibility index (Phi) is 8.48. The van der Waals surface area contributed by atoms with E-state index in [1.165, 1.54) is 12.1 Å². The number of ether oxygens (including phenoxy) is 1. The lowest BCUT2D eigenvalue weighted by molar-refractivity contribution is -0.111. The average Bonchev–Trinajstić information content (AvgIpc) is 2.82. The molecule has 34 heavy (non-hydrogen) atoms. The summed E-state index contributed by atoms with van der Waals surface area (Å²) in [5.41, 5.74) is 8.08. The first-order valence-electron chi connectivity index (χ1n) is 10.1. The molecule has 8 nitrogen and oxygen atoms in total. The number of phenolic OH excluding ortho intramolecular Hbond substituents is 1. The van der Waals surface area contributed by atoms with E-state index < -0.39 is 18.1 Å². The number of nitrogens with one attached hydrogen (secondary N) is 2. The lowest BCUT2D eigenvalue weighted by atomic mass is 10.0. The molecule has 0 radical (unpaired) electrons. The summed E-state index contributed by atoms with van der Waals surface area (Å²) in [5.74, 6) is -0.433. The predicted molar refractivity (Wildman–Crippen MR) is 138 cm³/mol. The largest absolute Gasteiger partial charge is 0.508 e. The summed E-state index contributed by atoms with van der Waals surface area (Å²) in [5, 5.41) is 24.5. The minimum Gasteiger partial charge on any atom is -0.508 e. The Morgan fingerprint density at radius 1 is 1.12 bits per heavy atom. The summed E-state index contributed by atoms with van der Waals surface area (Å²) < 4.78 is 6.41. The second-order valence-corrected chi connectivity index (χ2v) is 8.37. The fraction of sp³-hybridized carbons (Fsp3) is 0.0800. The number of nitrogen functional groups attached to an aromatic ring is 1. The van der Waals surface area contributed by atoms with Crippen LogP contribution in [0.5, 0.6) is 5.75 Å². The number of halogens is 1. The number of benzene rings is 3. The Morgan fingerprint density at radius 2 is 1.85 bits per heavy atom. The molecule has 3 rings (SSSR count). The number of hydrogen-bond donors (Lipinski definition) is 4. The van der Waals surface area contributed by atoms with E-state index in [-0.39, 0.29) is 12.2 Å². The SMILES string of the molecule is N#Cc1ccc(NC(=O)O[C@@H](C/C=C/C(=O)Nc2ccccc2N)c2cc(I)ccc2O)cc1. The summed E-state index contributed by atoms with van der Waals surface area (Å²) in [6, 6.07) is 20.1. The molecule has 3 aromatic carbocycles. The Balaban J connectivity index is 1.71. The fourth-order valence-electron chi connectivity index (χ4n) is 3.01. The molecule has 1 atom stereocenters. The van der Waals surface area contributed by atoms with Gasteiger partial charge in [-0.25, -0.2) is 4.79 Å². The lowest BCUT2D eigenvalue weighted by Crippen LogP contribution is -2.18. The number of phenols is 1. The molecule has 0 bridgehead atoms. The zero-order valence-corrected chi connectivity index (χ0v) is 20.0. The summed E-state index contributed by atoms with van der Waals surface area (Å²) in [7, 11) is 0. The van der Waals surface area contributed by atoms with E-state index in [1.54, 1.807) is 66.7 Å². The van der Waals surface area contributed by atoms with Crippen molar-refractivity contribution in [2.24, 2.45) is 0 Å². The van der Waals surface area contributed by atoms with Crippen LogP contribution in [0.25, 0.3) is 0 Å². The quantitative estimate of drug-likeness (QED) is 0.173. The molecular weight excluding hydrogens is 547 g/mol. The van der Waals surface area contributed by atoms with Crippen LogP contribution in [-0.4, -0.2) is 17.1 Å². The van der Waals surface area contributed by atoms with Crippen molar-refractivity contribution in [1.29, 1.82) is 5.26 Å². The van der Waals surface area contributed by atoms with Gasteiger partial charge in [0.15, 0.2) is 0 Å². The second kappa shape index (κ2) is 11.7. The third-order valence-corrected chi connectivity index (χ3v) is 5.36. The molecule has 0 saturated heterocycles. The van der Waals surface area contributed by atoms with E-state index in [0.717, 1.165) is 3.57 Å². The average molecular weight is 568 g/mol. The van der Waals surface area contributed by atoms with Gasteiger partial charge in [-0.15, -0.1) is 0 Å². The van der Waals surface area contributed by atoms with Gasteiger partial charge in [0.2, 0.25) is 5.91 Å². The molecule has 0 aliphatic carbocycles. The van der Waals surface area contributed by atoms with Gasteiger partial charge in [-0.1, -0.05) is 18.2 Å². The molecule has 0 aliphatic rings. The first kappa shape index (κ1) is 24.6. The molecule has 0 heterocycles. The van der Waals surface area contributed by atoms with Crippen LogP contribution in [-0.2, 0) is 9.53 Å². The van der Waals surface area contributed by atoms with Gasteiger partial charge in [-0.05, 0) is 83.3 Å². The van der Waals surface area contributed by atoms with Crippen molar-refractivity contribution in [1.82, 2.24) is 0 Å². The van der Waals surface area contributed by atoms with Crippen LogP contribution in [0, 0.1) is 14.9 Å². The Bertz CT molecular complexity index is 1250. The molecule has 3 aromatic rings. The summed E-state index contributed by atoms with van der Waals surface area (Å²) in [4.78, 5) is 24.8. The molecule has 2 amide bonds. The van der Waals surface area contributed by atoms with Crippen LogP contribution in [0.4, 0.5) is 21.9 Å². The molecule has 0 aromatic heterocycles. The number of anilines is 3. The highest BCUT2D eigenvalue weighted by atomic mass is 127. The van der Waals surface area contributed by atoms with Gasteiger partial charge in [0, 0.05) is 21.2 Å². The summed E-state index contributed by atoms with van der Waals surface area (Å²) in [6.45, 7) is 0. The van der Waals surface area contributed by atoms with Crippen LogP contribution in [0.3, 0.4) is 0 Å². The van der Waals surface area contributed by atoms with Crippen molar-refractivity contribution < 1.29 is 19.4 Å². The number of rotatable bonds is 7. The van der Waals surface area contributed by atoms with Crippen molar-refractivity contribution in [2.75, 3.05) is 16.4 Å². The molecule has 0 spiro atoms. The summed E-state index contributed by atoms with van der Waals surface area (Å²) in [6.07, 6.45) is 1.38. The first-order valence-corrected chi connectivity index (χ1v) is 11.2. The van der Waals surface area contributed by atoms with Gasteiger partial charge in [-0.2, -0.15) is 5.26 Å². The number of amides is 2. The Hall–Kier alpha value is -4.04. The van der Waals surface area contributed by atoms with Gasteiger partial charge in [0.05, 0.1) is 23.0 Å². The second-order valence-electron chi connectivity index (χ2n) is 7.13. The molecule has 0 unspecified atom stereocenters. The first-order chi connectivity index (χ1) is 16.4. The number of aromatic hydroxyl groups is 1. The standard InChI is InChI=1S/C25H21IN4O4/c26-17-10-13-22(31)19(14-17)23(34-25(33)29-18-11-8-16(15-27)9-12-18)6-3-7-24(32)30-21-5-2-1-4-20(21)28/h1-5,7-14,23,31H,6,28H2,(H,29,33)(H,30,32)/b7-3+/t23-/m0/s1. The van der Waals surface area contributed by atoms with E-state index >= 15 is 0 Å². The van der Waals surface area contributed by atoms with E-state index in [2.05, 4.69) is 33.2 Å². The number of carbonyl (C=O) groups is 2. The zero-order chi connectivity index (χ0) is 24.5. The molecule has 172 valence electrons. The molecule has 5 N–H and O–H groups in total. The van der Waals surface area contributed by atoms with Gasteiger partial charge in [-0.3, -0.25) is 10.1 Å². The highest BCUT2D eigenvalue weighted by Gasteiger charge is 2.20. The smallest absolute Gasteiger partial charge is 0.412 e. The maximum Gasteiger partial charge on any atom is 0.412 e. The minimum absolute atomic E-state index is 0.0356. The van der Waals surface area contributed by atoms with Crippen LogP contribution in [0.1, 0.15) is 23.7 Å². The van der Waals surface area contributed by atoms with Crippen molar-refractivity contribution in [3.63, 3.8) is 0 Å². The monoisotopic (exact) mass is 568 g/mol. The van der Waals surface area contributed by atoms with Crippen molar-refractivity contribution in [2.45, 2.75) is 12.5 Å². The fourth-order valence-corrected chi connectivity index (χ4v) is 3.53. The van der Waals surface area contributed by atoms with Gasteiger partial charge in [0.25, 0.3) is 0 Å². The normalized spacial score (nSPS) is 11.4.